The molecule has 9 heterocycles. The molecule has 21 heteroatoms. The van der Waals surface area contributed by atoms with Crippen LogP contribution in [0.5, 0.6) is 0 Å². The van der Waals surface area contributed by atoms with E-state index in [0.29, 0.717) is 34.3 Å². The van der Waals surface area contributed by atoms with E-state index in [-0.39, 0.29) is 30.7 Å². The van der Waals surface area contributed by atoms with Gasteiger partial charge in [-0.1, -0.05) is 5.10 Å². The minimum atomic E-state index is -0.963. The number of benzene rings is 2. The van der Waals surface area contributed by atoms with E-state index in [1.54, 1.807) is 16.8 Å². The second-order valence-electron chi connectivity index (χ2n) is 19.4. The average molecular weight is 951 g/mol. The summed E-state index contributed by atoms with van der Waals surface area (Å²) in [5.74, 6) is -0.00631. The lowest BCUT2D eigenvalue weighted by molar-refractivity contribution is -0.136. The predicted molar refractivity (Wildman–Crippen MR) is 261 cm³/mol. The number of allylic oxidation sites excluding steroid dienone is 1. The summed E-state index contributed by atoms with van der Waals surface area (Å²) < 4.78 is 1.65. The number of aromatic nitrogens is 7. The summed E-state index contributed by atoms with van der Waals surface area (Å²) in [7, 11) is 1.85. The number of H-pyrrole nitrogens is 1. The Balaban J connectivity index is 0.619. The number of carbonyl (C=O) groups is 5. The predicted octanol–water partition coefficient (Wildman–Crippen LogP) is 2.59. The normalized spacial score (nSPS) is 22.0. The molecule has 3 N–H and O–H groups in total. The standard InChI is InChI=1S/C49H58N16O5/c1-30-43(31(2)65-49(58(30)3)55-56-57-65)46(68)51-34-4-7-39-38(27-34)44(54-53-39)33-10-13-50-41(26-33)63-24-22-60(23-25-63)17-16-59-18-20-61(21-19-59)29-32-11-14-62(15-12-32)35-5-6-36-37(28-35)48(70)64(47(36)69)40-8-9-42(66)52-45(40)67/h4-7,10,13,26-28,31-32,40H,8-9,11-12,14-25,29H2,1-3H3,(H,51,68)(H,53,54)(H,52,66,67). The van der Waals surface area contributed by atoms with Crippen molar-refractivity contribution in [1.29, 1.82) is 0 Å². The lowest BCUT2D eigenvalue weighted by Gasteiger charge is -2.40. The number of amides is 5. The van der Waals surface area contributed by atoms with E-state index in [1.165, 1.54) is 0 Å². The van der Waals surface area contributed by atoms with Crippen molar-refractivity contribution in [3.8, 4) is 11.3 Å². The zero-order valence-corrected chi connectivity index (χ0v) is 39.8. The zero-order valence-electron chi connectivity index (χ0n) is 39.8. The first-order valence-electron chi connectivity index (χ1n) is 24.5. The van der Waals surface area contributed by atoms with E-state index in [2.05, 4.69) is 61.8 Å². The molecule has 2 atom stereocenters. The van der Waals surface area contributed by atoms with Crippen LogP contribution in [0.2, 0.25) is 0 Å². The molecule has 3 aromatic heterocycles. The number of carbonyl (C=O) groups excluding carboxylic acids is 5. The number of nitrogens with one attached hydrogen (secondary N) is 3. The number of piperazine rings is 2. The molecule has 11 rings (SSSR count). The van der Waals surface area contributed by atoms with Gasteiger partial charge in [0, 0.05) is 133 Å². The Morgan fingerprint density at radius 3 is 2.29 bits per heavy atom. The molecule has 0 saturated carbocycles. The number of anilines is 4. The van der Waals surface area contributed by atoms with Crippen molar-refractivity contribution in [1.82, 2.24) is 60.3 Å². The highest BCUT2D eigenvalue weighted by atomic mass is 16.2. The molecule has 0 radical (unpaired) electrons. The number of hydrogen-bond acceptors (Lipinski definition) is 16. The third-order valence-electron chi connectivity index (χ3n) is 15.4. The second kappa shape index (κ2) is 18.7. The first kappa shape index (κ1) is 45.3. The summed E-state index contributed by atoms with van der Waals surface area (Å²) in [4.78, 5) is 84.5. The highest BCUT2D eigenvalue weighted by molar-refractivity contribution is 6.23. The summed E-state index contributed by atoms with van der Waals surface area (Å²) in [5.41, 5.74) is 6.24. The number of imide groups is 2. The van der Waals surface area contributed by atoms with Gasteiger partial charge in [0.25, 0.3) is 17.7 Å². The van der Waals surface area contributed by atoms with Crippen LogP contribution in [0.15, 0.2) is 66.0 Å². The van der Waals surface area contributed by atoms with Gasteiger partial charge in [-0.2, -0.15) is 5.10 Å². The van der Waals surface area contributed by atoms with E-state index < -0.39 is 23.8 Å². The molecular formula is C49H58N16O5. The van der Waals surface area contributed by atoms with Gasteiger partial charge in [-0.25, -0.2) is 9.67 Å². The van der Waals surface area contributed by atoms with Crippen molar-refractivity contribution in [3.63, 3.8) is 0 Å². The maximum Gasteiger partial charge on any atom is 0.262 e. The highest BCUT2D eigenvalue weighted by Crippen LogP contribution is 2.36. The molecule has 364 valence electrons. The van der Waals surface area contributed by atoms with Crippen molar-refractivity contribution >= 4 is 63.6 Å². The topological polar surface area (TPSA) is 217 Å². The maximum atomic E-state index is 13.7. The molecule has 21 nitrogen and oxygen atoms in total. The van der Waals surface area contributed by atoms with Crippen molar-refractivity contribution in [2.24, 2.45) is 5.92 Å². The molecule has 5 aromatic rings. The van der Waals surface area contributed by atoms with Crippen LogP contribution in [0, 0.1) is 5.92 Å². The largest absolute Gasteiger partial charge is 0.371 e. The Morgan fingerprint density at radius 1 is 0.800 bits per heavy atom. The quantitative estimate of drug-likeness (QED) is 0.162. The summed E-state index contributed by atoms with van der Waals surface area (Å²) in [6, 6.07) is 14.0. The van der Waals surface area contributed by atoms with Crippen LogP contribution in [0.1, 0.15) is 66.3 Å². The van der Waals surface area contributed by atoms with E-state index >= 15 is 0 Å². The molecule has 2 unspecified atom stereocenters. The van der Waals surface area contributed by atoms with Crippen LogP contribution in [-0.2, 0) is 14.4 Å². The first-order chi connectivity index (χ1) is 34.0. The van der Waals surface area contributed by atoms with Crippen molar-refractivity contribution in [2.45, 2.75) is 51.6 Å². The molecule has 2 aromatic carbocycles. The van der Waals surface area contributed by atoms with Crippen LogP contribution in [-0.4, -0.2) is 183 Å². The van der Waals surface area contributed by atoms with Crippen LogP contribution < -0.4 is 25.3 Å². The second-order valence-corrected chi connectivity index (χ2v) is 19.4. The van der Waals surface area contributed by atoms with E-state index in [0.717, 1.165) is 142 Å². The Labute approximate surface area is 404 Å². The molecule has 0 aliphatic carbocycles. The molecule has 4 fully saturated rings. The number of fused-ring (bicyclic) bond motifs is 3. The van der Waals surface area contributed by atoms with Gasteiger partial charge in [0.1, 0.15) is 17.6 Å². The SMILES string of the molecule is CC1=C(C(=O)Nc2ccc3[nH]nc(-c4ccnc(N5CCN(CCN6CCN(CC7CCN(c8ccc9c(c8)C(=O)N(C8CCC(=O)NC8=O)C9=O)CC7)CC6)CC5)c4)c3c2)C(C)n2nnnc2N1C. The molecule has 4 saturated heterocycles. The van der Waals surface area contributed by atoms with Gasteiger partial charge in [0.15, 0.2) is 0 Å². The molecule has 5 amide bonds. The number of tetrazole rings is 1. The fourth-order valence-corrected chi connectivity index (χ4v) is 11.1. The molecule has 0 bridgehead atoms. The lowest BCUT2D eigenvalue weighted by atomic mass is 9.95. The minimum Gasteiger partial charge on any atom is -0.371 e. The number of hydrogen-bond donors (Lipinski definition) is 3. The van der Waals surface area contributed by atoms with E-state index in [1.807, 2.05) is 62.3 Å². The van der Waals surface area contributed by atoms with E-state index in [9.17, 15) is 24.0 Å². The zero-order chi connectivity index (χ0) is 48.2. The van der Waals surface area contributed by atoms with Crippen LogP contribution in [0.4, 0.5) is 23.1 Å². The van der Waals surface area contributed by atoms with Crippen molar-refractivity contribution < 1.29 is 24.0 Å². The Bertz CT molecular complexity index is 2910. The molecular weight excluding hydrogens is 893 g/mol. The monoisotopic (exact) mass is 950 g/mol. The van der Waals surface area contributed by atoms with Gasteiger partial charge in [-0.15, -0.1) is 0 Å². The van der Waals surface area contributed by atoms with Gasteiger partial charge in [-0.3, -0.25) is 49.1 Å². The maximum absolute atomic E-state index is 13.7. The van der Waals surface area contributed by atoms with Gasteiger partial charge in [0.05, 0.1) is 28.3 Å². The number of rotatable bonds is 11. The summed E-state index contributed by atoms with van der Waals surface area (Å²) >= 11 is 0. The average Bonchev–Trinajstić information content (AvgIpc) is 4.10. The molecule has 70 heavy (non-hydrogen) atoms. The summed E-state index contributed by atoms with van der Waals surface area (Å²) in [6.45, 7) is 16.8. The molecule has 6 aliphatic rings. The van der Waals surface area contributed by atoms with Gasteiger partial charge in [-0.05, 0) is 98.0 Å². The van der Waals surface area contributed by atoms with Crippen LogP contribution in [0.3, 0.4) is 0 Å². The van der Waals surface area contributed by atoms with E-state index in [4.69, 9.17) is 10.1 Å². The fraction of sp³-hybridized carbons (Fsp3) is 0.469. The van der Waals surface area contributed by atoms with Crippen LogP contribution in [0.25, 0.3) is 22.2 Å². The Hall–Kier alpha value is -7.10. The number of nitrogens with zero attached hydrogens (tertiary/aromatic N) is 13. The van der Waals surface area contributed by atoms with Gasteiger partial charge in [0.2, 0.25) is 17.8 Å². The number of piperidine rings is 2. The molecule has 0 spiro atoms. The Morgan fingerprint density at radius 2 is 1.53 bits per heavy atom. The highest BCUT2D eigenvalue weighted by Gasteiger charge is 2.45. The lowest BCUT2D eigenvalue weighted by Crippen LogP contribution is -2.54. The summed E-state index contributed by atoms with van der Waals surface area (Å²) in [5, 5.41) is 26.1. The Kier molecular flexibility index (Phi) is 12.1. The number of pyridine rings is 1. The summed E-state index contributed by atoms with van der Waals surface area (Å²) in [6.07, 6.45) is 4.21. The third-order valence-corrected chi connectivity index (χ3v) is 15.4. The van der Waals surface area contributed by atoms with Gasteiger partial charge >= 0.3 is 0 Å². The fourth-order valence-electron chi connectivity index (χ4n) is 11.1. The molecule has 6 aliphatic heterocycles. The third kappa shape index (κ3) is 8.55. The minimum absolute atomic E-state index is 0.0998. The van der Waals surface area contributed by atoms with Crippen molar-refractivity contribution in [3.05, 3.63) is 77.1 Å². The first-order valence-corrected chi connectivity index (χ1v) is 24.5. The smallest absolute Gasteiger partial charge is 0.262 e. The van der Waals surface area contributed by atoms with Crippen molar-refractivity contribution in [2.75, 3.05) is 112 Å². The van der Waals surface area contributed by atoms with Gasteiger partial charge < -0.3 is 24.9 Å². The number of aromatic amines is 1. The van der Waals surface area contributed by atoms with Crippen LogP contribution >= 0.6 is 0 Å².